The topological polar surface area (TPSA) is 91.4 Å². The Morgan fingerprint density at radius 2 is 1.77 bits per heavy atom. The maximum absolute atomic E-state index is 9.77. The number of hydrogen-bond donors (Lipinski definition) is 3. The number of fused-ring (bicyclic) bond motifs is 1. The van der Waals surface area contributed by atoms with Crippen molar-refractivity contribution in [2.24, 2.45) is 0 Å². The van der Waals surface area contributed by atoms with E-state index in [9.17, 15) is 10.2 Å². The number of phenolic OH excluding ortho intramolecular Hbond substituents is 1. The van der Waals surface area contributed by atoms with Crippen molar-refractivity contribution < 1.29 is 14.6 Å². The predicted octanol–water partition coefficient (Wildman–Crippen LogP) is 3.74. The van der Waals surface area contributed by atoms with Crippen molar-refractivity contribution in [1.82, 2.24) is 9.97 Å². The highest BCUT2D eigenvalue weighted by molar-refractivity contribution is 5.89. The second-order valence-electron chi connectivity index (χ2n) is 5.89. The molecule has 0 bridgehead atoms. The van der Waals surface area contributed by atoms with Crippen LogP contribution in [0.5, 0.6) is 5.75 Å². The van der Waals surface area contributed by atoms with Crippen LogP contribution in [0.3, 0.4) is 0 Å². The second kappa shape index (κ2) is 6.85. The lowest BCUT2D eigenvalue weighted by atomic mass is 10.1. The van der Waals surface area contributed by atoms with Gasteiger partial charge in [0.15, 0.2) is 0 Å². The summed E-state index contributed by atoms with van der Waals surface area (Å²) in [5, 5.41) is 23.2. The highest BCUT2D eigenvalue weighted by atomic mass is 16.3. The summed E-state index contributed by atoms with van der Waals surface area (Å²) in [6, 6.07) is 18.0. The zero-order valence-corrected chi connectivity index (χ0v) is 13.8. The minimum absolute atomic E-state index is 0.0712. The maximum Gasteiger partial charge on any atom is 0.231 e. The first-order chi connectivity index (χ1) is 12.7. The number of aromatic nitrogens is 2. The molecule has 2 heterocycles. The van der Waals surface area contributed by atoms with Crippen LogP contribution < -0.4 is 5.32 Å². The molecule has 6 heteroatoms. The molecule has 0 amide bonds. The third kappa shape index (κ3) is 3.10. The molecule has 26 heavy (non-hydrogen) atoms. The molecule has 4 aromatic rings. The number of hydrogen-bond acceptors (Lipinski definition) is 6. The van der Waals surface area contributed by atoms with Gasteiger partial charge in [0.05, 0.1) is 18.0 Å². The second-order valence-corrected chi connectivity index (χ2v) is 5.89. The molecule has 130 valence electrons. The molecule has 0 aliphatic rings. The highest BCUT2D eigenvalue weighted by Crippen LogP contribution is 2.32. The fraction of sp³-hybridized carbons (Fsp3) is 0.100. The molecule has 0 fully saturated rings. The van der Waals surface area contributed by atoms with Gasteiger partial charge in [-0.3, -0.25) is 0 Å². The Morgan fingerprint density at radius 3 is 2.50 bits per heavy atom. The van der Waals surface area contributed by atoms with Crippen molar-refractivity contribution in [2.75, 3.05) is 11.9 Å². The van der Waals surface area contributed by atoms with E-state index in [2.05, 4.69) is 15.3 Å². The Kier molecular flexibility index (Phi) is 4.25. The van der Waals surface area contributed by atoms with E-state index < -0.39 is 0 Å². The third-order valence-electron chi connectivity index (χ3n) is 4.18. The Morgan fingerprint density at radius 1 is 1.00 bits per heavy atom. The molecule has 6 nitrogen and oxygen atoms in total. The normalized spacial score (nSPS) is 12.2. The molecule has 4 rings (SSSR count). The SMILES string of the molecule is OCC(Nc1ncnc2oc(-c3ccc(O)cc3)cc12)c1ccccc1. The smallest absolute Gasteiger partial charge is 0.231 e. The summed E-state index contributed by atoms with van der Waals surface area (Å²) in [6.07, 6.45) is 1.42. The van der Waals surface area contributed by atoms with Crippen LogP contribution >= 0.6 is 0 Å². The van der Waals surface area contributed by atoms with Gasteiger partial charge < -0.3 is 19.9 Å². The van der Waals surface area contributed by atoms with Gasteiger partial charge in [0.1, 0.15) is 23.7 Å². The van der Waals surface area contributed by atoms with Crippen LogP contribution in [0, 0.1) is 0 Å². The van der Waals surface area contributed by atoms with Gasteiger partial charge >= 0.3 is 0 Å². The molecule has 2 aromatic heterocycles. The van der Waals surface area contributed by atoms with Crippen molar-refractivity contribution in [3.8, 4) is 17.1 Å². The Balaban J connectivity index is 1.70. The van der Waals surface area contributed by atoms with Crippen LogP contribution in [0.4, 0.5) is 5.82 Å². The fourth-order valence-electron chi connectivity index (χ4n) is 2.82. The number of benzene rings is 2. The van der Waals surface area contributed by atoms with Gasteiger partial charge in [0, 0.05) is 5.56 Å². The van der Waals surface area contributed by atoms with Crippen molar-refractivity contribution in [2.45, 2.75) is 6.04 Å². The van der Waals surface area contributed by atoms with E-state index in [1.54, 1.807) is 24.3 Å². The van der Waals surface area contributed by atoms with E-state index >= 15 is 0 Å². The van der Waals surface area contributed by atoms with Crippen molar-refractivity contribution in [3.63, 3.8) is 0 Å². The minimum atomic E-state index is -0.290. The van der Waals surface area contributed by atoms with E-state index in [1.165, 1.54) is 6.33 Å². The summed E-state index contributed by atoms with van der Waals surface area (Å²) in [6.45, 7) is -0.0712. The highest BCUT2D eigenvalue weighted by Gasteiger charge is 2.16. The summed E-state index contributed by atoms with van der Waals surface area (Å²) in [5.74, 6) is 1.41. The Hall–Kier alpha value is -3.38. The van der Waals surface area contributed by atoms with Gasteiger partial charge in [-0.2, -0.15) is 0 Å². The monoisotopic (exact) mass is 347 g/mol. The van der Waals surface area contributed by atoms with Crippen LogP contribution in [-0.4, -0.2) is 26.8 Å². The summed E-state index contributed by atoms with van der Waals surface area (Å²) in [5.41, 5.74) is 2.24. The van der Waals surface area contributed by atoms with Gasteiger partial charge in [-0.1, -0.05) is 30.3 Å². The number of anilines is 1. The zero-order chi connectivity index (χ0) is 17.9. The van der Waals surface area contributed by atoms with E-state index in [1.807, 2.05) is 36.4 Å². The molecule has 0 spiro atoms. The van der Waals surface area contributed by atoms with E-state index in [4.69, 9.17) is 4.42 Å². The first-order valence-corrected chi connectivity index (χ1v) is 8.21. The molecule has 0 saturated carbocycles. The molecule has 0 radical (unpaired) electrons. The fourth-order valence-corrected chi connectivity index (χ4v) is 2.82. The standard InChI is InChI=1S/C20H17N3O3/c24-11-17(13-4-2-1-3-5-13)23-19-16-10-18(26-20(16)22-12-21-19)14-6-8-15(25)9-7-14/h1-10,12,17,24-25H,11H2,(H,21,22,23). The predicted molar refractivity (Wildman–Crippen MR) is 98.8 cm³/mol. The van der Waals surface area contributed by atoms with E-state index in [0.717, 1.165) is 16.5 Å². The number of nitrogens with one attached hydrogen (secondary N) is 1. The molecule has 0 aliphatic carbocycles. The van der Waals surface area contributed by atoms with Crippen LogP contribution in [0.2, 0.25) is 0 Å². The maximum atomic E-state index is 9.77. The lowest BCUT2D eigenvalue weighted by Gasteiger charge is -2.17. The molecule has 1 atom stereocenters. The number of aliphatic hydroxyl groups excluding tert-OH is 1. The van der Waals surface area contributed by atoms with E-state index in [-0.39, 0.29) is 18.4 Å². The zero-order valence-electron chi connectivity index (χ0n) is 13.8. The molecule has 2 aromatic carbocycles. The molecule has 3 N–H and O–H groups in total. The number of aromatic hydroxyl groups is 1. The van der Waals surface area contributed by atoms with Gasteiger partial charge in [-0.05, 0) is 35.9 Å². The first-order valence-electron chi connectivity index (χ1n) is 8.21. The van der Waals surface area contributed by atoms with E-state index in [0.29, 0.717) is 17.3 Å². The van der Waals surface area contributed by atoms with Gasteiger partial charge in [-0.25, -0.2) is 9.97 Å². The lowest BCUT2D eigenvalue weighted by molar-refractivity contribution is 0.276. The number of nitrogens with zero attached hydrogens (tertiary/aromatic N) is 2. The molecular formula is C20H17N3O3. The van der Waals surface area contributed by atoms with Gasteiger partial charge in [0.2, 0.25) is 5.71 Å². The lowest BCUT2D eigenvalue weighted by Crippen LogP contribution is -2.15. The quantitative estimate of drug-likeness (QED) is 0.509. The summed E-state index contributed by atoms with van der Waals surface area (Å²) < 4.78 is 5.82. The number of rotatable bonds is 5. The third-order valence-corrected chi connectivity index (χ3v) is 4.18. The average molecular weight is 347 g/mol. The summed E-state index contributed by atoms with van der Waals surface area (Å²) >= 11 is 0. The van der Waals surface area contributed by atoms with Crippen molar-refractivity contribution in [3.05, 3.63) is 72.6 Å². The van der Waals surface area contributed by atoms with Crippen LogP contribution in [0.15, 0.2) is 71.4 Å². The molecule has 0 aliphatic heterocycles. The number of aliphatic hydroxyl groups is 1. The molecular weight excluding hydrogens is 330 g/mol. The van der Waals surface area contributed by atoms with Gasteiger partial charge in [-0.15, -0.1) is 0 Å². The number of phenols is 1. The molecule has 1 unspecified atom stereocenters. The first kappa shape index (κ1) is 16.1. The van der Waals surface area contributed by atoms with Crippen molar-refractivity contribution >= 4 is 16.9 Å². The Labute approximate surface area is 149 Å². The Bertz CT molecular complexity index is 1010. The average Bonchev–Trinajstić information content (AvgIpc) is 3.12. The minimum Gasteiger partial charge on any atom is -0.508 e. The van der Waals surface area contributed by atoms with Crippen molar-refractivity contribution in [1.29, 1.82) is 0 Å². The largest absolute Gasteiger partial charge is 0.508 e. The summed E-state index contributed by atoms with van der Waals surface area (Å²) in [4.78, 5) is 8.49. The van der Waals surface area contributed by atoms with Crippen LogP contribution in [-0.2, 0) is 0 Å². The molecule has 0 saturated heterocycles. The number of furan rings is 1. The summed E-state index contributed by atoms with van der Waals surface area (Å²) in [7, 11) is 0. The van der Waals surface area contributed by atoms with Gasteiger partial charge in [0.25, 0.3) is 0 Å². The van der Waals surface area contributed by atoms with Crippen LogP contribution in [0.1, 0.15) is 11.6 Å². The van der Waals surface area contributed by atoms with Crippen LogP contribution in [0.25, 0.3) is 22.4 Å².